The summed E-state index contributed by atoms with van der Waals surface area (Å²) in [6.45, 7) is 7.30. The van der Waals surface area contributed by atoms with Crippen LogP contribution in [0, 0.1) is 13.8 Å². The Morgan fingerprint density at radius 1 is 1.12 bits per heavy atom. The van der Waals surface area contributed by atoms with Crippen LogP contribution in [-0.4, -0.2) is 64.4 Å². The molecular weight excluding hydrogens is 326 g/mol. The van der Waals surface area contributed by atoms with Crippen LogP contribution < -0.4 is 4.72 Å². The lowest BCUT2D eigenvalue weighted by molar-refractivity contribution is -0.128. The SMILES string of the molecule is CC(=O)N(CCCN(C)C)CCNS(=O)(=O)c1ccc(C)cc1C. The number of rotatable bonds is 9. The quantitative estimate of drug-likeness (QED) is 0.727. The van der Waals surface area contributed by atoms with Crippen molar-refractivity contribution in [3.05, 3.63) is 29.3 Å². The molecule has 136 valence electrons. The van der Waals surface area contributed by atoms with Crippen LogP contribution in [0.25, 0.3) is 0 Å². The van der Waals surface area contributed by atoms with Gasteiger partial charge in [0.1, 0.15) is 0 Å². The van der Waals surface area contributed by atoms with Crippen LogP contribution in [0.3, 0.4) is 0 Å². The first-order valence-electron chi connectivity index (χ1n) is 8.10. The average molecular weight is 356 g/mol. The van der Waals surface area contributed by atoms with Crippen molar-refractivity contribution in [2.24, 2.45) is 0 Å². The Labute approximate surface area is 145 Å². The van der Waals surface area contributed by atoms with Crippen molar-refractivity contribution in [2.75, 3.05) is 40.3 Å². The smallest absolute Gasteiger partial charge is 0.240 e. The van der Waals surface area contributed by atoms with Gasteiger partial charge in [0, 0.05) is 26.6 Å². The van der Waals surface area contributed by atoms with Gasteiger partial charge in [0.2, 0.25) is 15.9 Å². The van der Waals surface area contributed by atoms with Gasteiger partial charge < -0.3 is 9.80 Å². The van der Waals surface area contributed by atoms with Crippen LogP contribution >= 0.6 is 0 Å². The molecule has 0 aliphatic heterocycles. The highest BCUT2D eigenvalue weighted by atomic mass is 32.2. The molecule has 0 heterocycles. The van der Waals surface area contributed by atoms with E-state index in [4.69, 9.17) is 0 Å². The van der Waals surface area contributed by atoms with Crippen molar-refractivity contribution in [2.45, 2.75) is 32.1 Å². The summed E-state index contributed by atoms with van der Waals surface area (Å²) in [6.07, 6.45) is 0.858. The highest BCUT2D eigenvalue weighted by Crippen LogP contribution is 2.16. The van der Waals surface area contributed by atoms with E-state index in [0.717, 1.165) is 24.1 Å². The van der Waals surface area contributed by atoms with Crippen molar-refractivity contribution in [1.29, 1.82) is 0 Å². The minimum absolute atomic E-state index is 0.0422. The van der Waals surface area contributed by atoms with Crippen molar-refractivity contribution >= 4 is 15.9 Å². The van der Waals surface area contributed by atoms with Gasteiger partial charge in [0.05, 0.1) is 4.90 Å². The van der Waals surface area contributed by atoms with E-state index in [2.05, 4.69) is 9.62 Å². The maximum Gasteiger partial charge on any atom is 0.240 e. The van der Waals surface area contributed by atoms with E-state index in [9.17, 15) is 13.2 Å². The number of hydrogen-bond donors (Lipinski definition) is 1. The molecule has 0 saturated carbocycles. The summed E-state index contributed by atoms with van der Waals surface area (Å²) >= 11 is 0. The Kier molecular flexibility index (Phi) is 7.86. The Bertz CT molecular complexity index is 657. The fourth-order valence-corrected chi connectivity index (χ4v) is 3.74. The number of nitrogens with zero attached hydrogens (tertiary/aromatic N) is 2. The van der Waals surface area contributed by atoms with E-state index < -0.39 is 10.0 Å². The molecule has 0 saturated heterocycles. The summed E-state index contributed by atoms with van der Waals surface area (Å²) in [4.78, 5) is 15.7. The number of amides is 1. The van der Waals surface area contributed by atoms with Crippen LogP contribution in [0.2, 0.25) is 0 Å². The second kappa shape index (κ2) is 9.15. The van der Waals surface area contributed by atoms with Crippen LogP contribution in [0.4, 0.5) is 0 Å². The summed E-state index contributed by atoms with van der Waals surface area (Å²) in [5, 5.41) is 0. The molecule has 1 rings (SSSR count). The first kappa shape index (κ1) is 20.6. The minimum Gasteiger partial charge on any atom is -0.342 e. The van der Waals surface area contributed by atoms with Gasteiger partial charge in [-0.05, 0) is 52.5 Å². The van der Waals surface area contributed by atoms with Gasteiger partial charge in [0.25, 0.3) is 0 Å². The fraction of sp³-hybridized carbons (Fsp3) is 0.588. The van der Waals surface area contributed by atoms with Gasteiger partial charge in [-0.15, -0.1) is 0 Å². The first-order chi connectivity index (χ1) is 11.1. The zero-order valence-electron chi connectivity index (χ0n) is 15.3. The van der Waals surface area contributed by atoms with Gasteiger partial charge in [-0.1, -0.05) is 17.7 Å². The molecule has 24 heavy (non-hydrogen) atoms. The van der Waals surface area contributed by atoms with E-state index >= 15 is 0 Å². The number of sulfonamides is 1. The van der Waals surface area contributed by atoms with Crippen LogP contribution in [0.15, 0.2) is 23.1 Å². The van der Waals surface area contributed by atoms with E-state index in [-0.39, 0.29) is 17.3 Å². The van der Waals surface area contributed by atoms with Crippen LogP contribution in [0.1, 0.15) is 24.5 Å². The molecule has 0 aromatic heterocycles. The molecule has 0 spiro atoms. The van der Waals surface area contributed by atoms with Gasteiger partial charge in [-0.3, -0.25) is 4.79 Å². The van der Waals surface area contributed by atoms with E-state index in [0.29, 0.717) is 13.1 Å². The van der Waals surface area contributed by atoms with Crippen molar-refractivity contribution in [3.63, 3.8) is 0 Å². The van der Waals surface area contributed by atoms with Gasteiger partial charge in [-0.2, -0.15) is 0 Å². The Hall–Kier alpha value is -1.44. The normalized spacial score (nSPS) is 11.8. The zero-order chi connectivity index (χ0) is 18.3. The number of carbonyl (C=O) groups excluding carboxylic acids is 1. The topological polar surface area (TPSA) is 69.7 Å². The standard InChI is InChI=1S/C17H29N3O3S/c1-14-7-8-17(15(2)13-14)24(22,23)18-9-12-20(16(3)21)11-6-10-19(4)5/h7-8,13,18H,6,9-12H2,1-5H3. The number of carbonyl (C=O) groups is 1. The maximum absolute atomic E-state index is 12.4. The summed E-state index contributed by atoms with van der Waals surface area (Å²) in [6, 6.07) is 5.25. The lowest BCUT2D eigenvalue weighted by atomic mass is 10.2. The molecular formula is C17H29N3O3S. The lowest BCUT2D eigenvalue weighted by Gasteiger charge is -2.22. The van der Waals surface area contributed by atoms with Crippen molar-refractivity contribution in [3.8, 4) is 0 Å². The molecule has 0 aliphatic carbocycles. The van der Waals surface area contributed by atoms with E-state index in [1.54, 1.807) is 24.0 Å². The van der Waals surface area contributed by atoms with Gasteiger partial charge in [-0.25, -0.2) is 13.1 Å². The highest BCUT2D eigenvalue weighted by molar-refractivity contribution is 7.89. The molecule has 1 aromatic carbocycles. The third-order valence-corrected chi connectivity index (χ3v) is 5.39. The fourth-order valence-electron chi connectivity index (χ4n) is 2.50. The second-order valence-corrected chi connectivity index (χ2v) is 8.06. The summed E-state index contributed by atoms with van der Waals surface area (Å²) < 4.78 is 27.4. The van der Waals surface area contributed by atoms with Gasteiger partial charge in [0.15, 0.2) is 0 Å². The summed E-state index contributed by atoms with van der Waals surface area (Å²) in [7, 11) is 0.405. The Morgan fingerprint density at radius 3 is 2.33 bits per heavy atom. The molecule has 1 N–H and O–H groups in total. The third-order valence-electron chi connectivity index (χ3n) is 3.77. The molecule has 0 atom stereocenters. The number of nitrogens with one attached hydrogen (secondary N) is 1. The predicted molar refractivity (Wildman–Crippen MR) is 96.5 cm³/mol. The molecule has 1 aromatic rings. The second-order valence-electron chi connectivity index (χ2n) is 6.33. The van der Waals surface area contributed by atoms with E-state index in [1.807, 2.05) is 27.1 Å². The molecule has 0 unspecified atom stereocenters. The lowest BCUT2D eigenvalue weighted by Crippen LogP contribution is -2.38. The summed E-state index contributed by atoms with van der Waals surface area (Å²) in [5.74, 6) is -0.0422. The minimum atomic E-state index is -3.56. The molecule has 1 amide bonds. The number of benzene rings is 1. The maximum atomic E-state index is 12.4. The molecule has 0 radical (unpaired) electrons. The Balaban J connectivity index is 2.61. The molecule has 7 heteroatoms. The van der Waals surface area contributed by atoms with Crippen molar-refractivity contribution < 1.29 is 13.2 Å². The first-order valence-corrected chi connectivity index (χ1v) is 9.59. The molecule has 0 fully saturated rings. The highest BCUT2D eigenvalue weighted by Gasteiger charge is 2.17. The van der Waals surface area contributed by atoms with Gasteiger partial charge >= 0.3 is 0 Å². The Morgan fingerprint density at radius 2 is 1.79 bits per heavy atom. The van der Waals surface area contributed by atoms with E-state index in [1.165, 1.54) is 6.92 Å². The monoisotopic (exact) mass is 355 g/mol. The third kappa shape index (κ3) is 6.59. The molecule has 0 aliphatic rings. The van der Waals surface area contributed by atoms with Crippen LogP contribution in [0.5, 0.6) is 0 Å². The summed E-state index contributed by atoms with van der Waals surface area (Å²) in [5.41, 5.74) is 1.74. The number of aryl methyl sites for hydroxylation is 2. The molecule has 0 bridgehead atoms. The molecule has 6 nitrogen and oxygen atoms in total. The average Bonchev–Trinajstić information content (AvgIpc) is 2.44. The van der Waals surface area contributed by atoms with Crippen LogP contribution in [-0.2, 0) is 14.8 Å². The predicted octanol–water partition coefficient (Wildman–Crippen LogP) is 1.38. The largest absolute Gasteiger partial charge is 0.342 e. The number of hydrogen-bond acceptors (Lipinski definition) is 4. The zero-order valence-corrected chi connectivity index (χ0v) is 16.1. The van der Waals surface area contributed by atoms with Crippen molar-refractivity contribution in [1.82, 2.24) is 14.5 Å².